The lowest BCUT2D eigenvalue weighted by Crippen LogP contribution is -2.29. The lowest BCUT2D eigenvalue weighted by molar-refractivity contribution is 0.580. The number of nitrogens with one attached hydrogen (secondary N) is 2. The maximum Gasteiger partial charge on any atom is 0.153 e. The number of hydrogen-bond donors (Lipinski definition) is 2. The molecule has 0 aromatic heterocycles. The third-order valence-electron chi connectivity index (χ3n) is 2.27. The average Bonchev–Trinajstić information content (AvgIpc) is 2.62. The molecular formula is C10H15N3. The first-order valence-electron chi connectivity index (χ1n) is 4.73. The second-order valence-corrected chi connectivity index (χ2v) is 3.42. The van der Waals surface area contributed by atoms with E-state index in [0.717, 1.165) is 25.2 Å². The molecule has 70 valence electrons. The van der Waals surface area contributed by atoms with Gasteiger partial charge in [-0.2, -0.15) is 0 Å². The van der Waals surface area contributed by atoms with Crippen LogP contribution in [0.3, 0.4) is 0 Å². The molecule has 2 N–H and O–H groups in total. The summed E-state index contributed by atoms with van der Waals surface area (Å²) in [6.45, 7) is 4.14. The summed E-state index contributed by atoms with van der Waals surface area (Å²) in [4.78, 5) is 4.53. The quantitative estimate of drug-likeness (QED) is 0.622. The SMILES string of the molecule is CC1=CC/C(=N\C2NCCN2)C=C1. The summed E-state index contributed by atoms with van der Waals surface area (Å²) in [7, 11) is 0. The first-order chi connectivity index (χ1) is 6.34. The molecule has 1 saturated heterocycles. The van der Waals surface area contributed by atoms with Crippen LogP contribution in [-0.2, 0) is 0 Å². The summed E-state index contributed by atoms with van der Waals surface area (Å²) in [5.74, 6) is 0. The minimum Gasteiger partial charge on any atom is -0.282 e. The molecule has 1 heterocycles. The summed E-state index contributed by atoms with van der Waals surface area (Å²) in [6.07, 6.45) is 7.50. The minimum absolute atomic E-state index is 0.131. The smallest absolute Gasteiger partial charge is 0.153 e. The van der Waals surface area contributed by atoms with E-state index in [0.29, 0.717) is 0 Å². The highest BCUT2D eigenvalue weighted by atomic mass is 15.3. The standard InChI is InChI=1S/C10H15N3/c1-8-2-4-9(5-3-8)13-10-11-6-7-12-10/h2-4,10-12H,5-7H2,1H3/b13-9-. The van der Waals surface area contributed by atoms with Crippen LogP contribution in [0.2, 0.25) is 0 Å². The van der Waals surface area contributed by atoms with Crippen molar-refractivity contribution in [1.82, 2.24) is 10.6 Å². The van der Waals surface area contributed by atoms with Crippen molar-refractivity contribution < 1.29 is 0 Å². The molecule has 13 heavy (non-hydrogen) atoms. The minimum atomic E-state index is 0.131. The highest BCUT2D eigenvalue weighted by Gasteiger charge is 2.11. The van der Waals surface area contributed by atoms with E-state index in [4.69, 9.17) is 0 Å². The number of aliphatic imine (C=N–C) groups is 1. The summed E-state index contributed by atoms with van der Waals surface area (Å²) < 4.78 is 0. The van der Waals surface area contributed by atoms with Gasteiger partial charge in [0.15, 0.2) is 6.29 Å². The van der Waals surface area contributed by atoms with Crippen LogP contribution < -0.4 is 10.6 Å². The first-order valence-corrected chi connectivity index (χ1v) is 4.73. The number of nitrogens with zero attached hydrogens (tertiary/aromatic N) is 1. The van der Waals surface area contributed by atoms with E-state index in [-0.39, 0.29) is 6.29 Å². The normalized spacial score (nSPS) is 26.8. The highest BCUT2D eigenvalue weighted by molar-refractivity contribution is 5.97. The van der Waals surface area contributed by atoms with Crippen molar-refractivity contribution >= 4 is 5.71 Å². The Balaban J connectivity index is 1.98. The summed E-state index contributed by atoms with van der Waals surface area (Å²) in [5.41, 5.74) is 2.48. The first kappa shape index (κ1) is 8.66. The van der Waals surface area contributed by atoms with Gasteiger partial charge in [-0.25, -0.2) is 0 Å². The molecule has 0 unspecified atom stereocenters. The van der Waals surface area contributed by atoms with Crippen molar-refractivity contribution in [2.24, 2.45) is 4.99 Å². The molecular weight excluding hydrogens is 162 g/mol. The van der Waals surface area contributed by atoms with E-state index in [1.807, 2.05) is 0 Å². The number of rotatable bonds is 1. The van der Waals surface area contributed by atoms with Crippen LogP contribution in [-0.4, -0.2) is 25.1 Å². The molecule has 0 aromatic rings. The summed E-state index contributed by atoms with van der Waals surface area (Å²) in [5, 5.41) is 6.52. The van der Waals surface area contributed by atoms with Crippen molar-refractivity contribution in [3.8, 4) is 0 Å². The zero-order chi connectivity index (χ0) is 9.10. The lowest BCUT2D eigenvalue weighted by Gasteiger charge is -2.09. The molecule has 0 amide bonds. The molecule has 1 aliphatic carbocycles. The maximum absolute atomic E-state index is 4.53. The molecule has 3 nitrogen and oxygen atoms in total. The largest absolute Gasteiger partial charge is 0.282 e. The Hall–Kier alpha value is -0.930. The fourth-order valence-electron chi connectivity index (χ4n) is 1.47. The Kier molecular flexibility index (Phi) is 2.57. The number of hydrogen-bond acceptors (Lipinski definition) is 3. The lowest BCUT2D eigenvalue weighted by atomic mass is 10.1. The van der Waals surface area contributed by atoms with Crippen molar-refractivity contribution in [2.45, 2.75) is 19.6 Å². The Morgan fingerprint density at radius 2 is 2.08 bits per heavy atom. The molecule has 2 rings (SSSR count). The topological polar surface area (TPSA) is 36.4 Å². The van der Waals surface area contributed by atoms with Gasteiger partial charge >= 0.3 is 0 Å². The molecule has 1 fully saturated rings. The molecule has 1 aliphatic heterocycles. The van der Waals surface area contributed by atoms with E-state index >= 15 is 0 Å². The second kappa shape index (κ2) is 3.85. The molecule has 0 saturated carbocycles. The van der Waals surface area contributed by atoms with Crippen LogP contribution in [0.5, 0.6) is 0 Å². The van der Waals surface area contributed by atoms with Crippen LogP contribution in [0.15, 0.2) is 28.8 Å². The van der Waals surface area contributed by atoms with E-state index < -0.39 is 0 Å². The second-order valence-electron chi connectivity index (χ2n) is 3.42. The van der Waals surface area contributed by atoms with Crippen molar-refractivity contribution in [1.29, 1.82) is 0 Å². The molecule has 2 aliphatic rings. The predicted molar refractivity (Wildman–Crippen MR) is 54.7 cm³/mol. The molecule has 0 bridgehead atoms. The average molecular weight is 177 g/mol. The van der Waals surface area contributed by atoms with Gasteiger partial charge in [-0.3, -0.25) is 15.6 Å². The molecule has 0 radical (unpaired) electrons. The Morgan fingerprint density at radius 3 is 2.69 bits per heavy atom. The van der Waals surface area contributed by atoms with Crippen molar-refractivity contribution in [3.63, 3.8) is 0 Å². The van der Waals surface area contributed by atoms with Crippen molar-refractivity contribution in [3.05, 3.63) is 23.8 Å². The van der Waals surface area contributed by atoms with E-state index in [1.54, 1.807) is 0 Å². The van der Waals surface area contributed by atoms with E-state index in [2.05, 4.69) is 40.8 Å². The monoisotopic (exact) mass is 177 g/mol. The third kappa shape index (κ3) is 2.26. The van der Waals surface area contributed by atoms with E-state index in [9.17, 15) is 0 Å². The van der Waals surface area contributed by atoms with Crippen LogP contribution in [0, 0.1) is 0 Å². The third-order valence-corrected chi connectivity index (χ3v) is 2.27. The maximum atomic E-state index is 4.53. The van der Waals surface area contributed by atoms with Gasteiger partial charge in [-0.1, -0.05) is 17.7 Å². The summed E-state index contributed by atoms with van der Waals surface area (Å²) in [6, 6.07) is 0. The van der Waals surface area contributed by atoms with Gasteiger partial charge in [0.1, 0.15) is 0 Å². The molecule has 0 atom stereocenters. The molecule has 0 spiro atoms. The van der Waals surface area contributed by atoms with Gasteiger partial charge in [0, 0.05) is 25.2 Å². The van der Waals surface area contributed by atoms with Crippen molar-refractivity contribution in [2.75, 3.05) is 13.1 Å². The van der Waals surface area contributed by atoms with Crippen LogP contribution >= 0.6 is 0 Å². The van der Waals surface area contributed by atoms with Crippen LogP contribution in [0.1, 0.15) is 13.3 Å². The Bertz CT molecular complexity index is 270. The Morgan fingerprint density at radius 1 is 1.31 bits per heavy atom. The Labute approximate surface area is 78.6 Å². The molecule has 0 aromatic carbocycles. The predicted octanol–water partition coefficient (Wildman–Crippen LogP) is 0.810. The highest BCUT2D eigenvalue weighted by Crippen LogP contribution is 2.07. The van der Waals surface area contributed by atoms with Gasteiger partial charge in [0.2, 0.25) is 0 Å². The zero-order valence-corrected chi connectivity index (χ0v) is 7.88. The van der Waals surface area contributed by atoms with E-state index in [1.165, 1.54) is 5.57 Å². The summed E-state index contributed by atoms with van der Waals surface area (Å²) >= 11 is 0. The molecule has 3 heteroatoms. The van der Waals surface area contributed by atoms with Gasteiger partial charge in [0.25, 0.3) is 0 Å². The fraction of sp³-hybridized carbons (Fsp3) is 0.500. The van der Waals surface area contributed by atoms with Gasteiger partial charge in [-0.05, 0) is 13.0 Å². The van der Waals surface area contributed by atoms with Gasteiger partial charge in [0.05, 0.1) is 0 Å². The van der Waals surface area contributed by atoms with Gasteiger partial charge < -0.3 is 0 Å². The van der Waals surface area contributed by atoms with Crippen LogP contribution in [0.4, 0.5) is 0 Å². The van der Waals surface area contributed by atoms with Crippen LogP contribution in [0.25, 0.3) is 0 Å². The zero-order valence-electron chi connectivity index (χ0n) is 7.88. The fourth-order valence-corrected chi connectivity index (χ4v) is 1.47. The number of allylic oxidation sites excluding steroid dienone is 4. The van der Waals surface area contributed by atoms with Gasteiger partial charge in [-0.15, -0.1) is 0 Å².